The Balaban J connectivity index is 2.08. The molecule has 1 fully saturated rings. The molecule has 118 valence electrons. The third-order valence-corrected chi connectivity index (χ3v) is 4.59. The molecular weight excluding hydrogens is 328 g/mol. The van der Waals surface area contributed by atoms with Crippen LogP contribution in [0.2, 0.25) is 0 Å². The van der Waals surface area contributed by atoms with Crippen molar-refractivity contribution in [3.8, 4) is 0 Å². The van der Waals surface area contributed by atoms with E-state index < -0.39 is 5.60 Å². The minimum Gasteiger partial charge on any atom is -0.390 e. The lowest BCUT2D eigenvalue weighted by Gasteiger charge is -2.38. The summed E-state index contributed by atoms with van der Waals surface area (Å²) in [6, 6.07) is 6.50. The Morgan fingerprint density at radius 1 is 1.33 bits per heavy atom. The average Bonchev–Trinajstić information content (AvgIpc) is 2.40. The lowest BCUT2D eigenvalue weighted by atomic mass is 9.93. The zero-order valence-corrected chi connectivity index (χ0v) is 14.9. The highest BCUT2D eigenvalue weighted by atomic mass is 79.9. The van der Waals surface area contributed by atoms with Crippen molar-refractivity contribution in [2.45, 2.75) is 45.8 Å². The first kappa shape index (κ1) is 16.8. The zero-order valence-electron chi connectivity index (χ0n) is 13.3. The topological polar surface area (TPSA) is 35.5 Å². The van der Waals surface area contributed by atoms with Gasteiger partial charge in [0.1, 0.15) is 0 Å². The number of anilines is 1. The van der Waals surface area contributed by atoms with E-state index in [0.29, 0.717) is 5.92 Å². The molecule has 1 aliphatic rings. The van der Waals surface area contributed by atoms with Gasteiger partial charge >= 0.3 is 0 Å². The van der Waals surface area contributed by atoms with E-state index in [9.17, 15) is 5.11 Å². The lowest BCUT2D eigenvalue weighted by Crippen LogP contribution is -2.43. The molecule has 1 heterocycles. The van der Waals surface area contributed by atoms with Crippen molar-refractivity contribution in [3.05, 3.63) is 28.2 Å². The second-order valence-corrected chi connectivity index (χ2v) is 7.70. The molecule has 0 spiro atoms. The predicted octanol–water partition coefficient (Wildman–Crippen LogP) is 3.55. The molecule has 1 aromatic carbocycles. The fourth-order valence-electron chi connectivity index (χ4n) is 2.71. The normalized spacial score (nSPS) is 18.3. The molecule has 0 aromatic heterocycles. The summed E-state index contributed by atoms with van der Waals surface area (Å²) < 4.78 is 1.11. The highest BCUT2D eigenvalue weighted by molar-refractivity contribution is 9.10. The number of piperidine rings is 1. The summed E-state index contributed by atoms with van der Waals surface area (Å²) in [5, 5.41) is 13.6. The molecule has 0 aliphatic carbocycles. The SMILES string of the molecule is CC(C)CNCc1ccc(Br)cc1N1CCC(C)(O)CC1. The molecule has 0 bridgehead atoms. The van der Waals surface area contributed by atoms with Crippen LogP contribution in [0.4, 0.5) is 5.69 Å². The van der Waals surface area contributed by atoms with Gasteiger partial charge in [-0.25, -0.2) is 0 Å². The molecule has 21 heavy (non-hydrogen) atoms. The van der Waals surface area contributed by atoms with E-state index in [2.05, 4.69) is 58.2 Å². The molecule has 3 nitrogen and oxygen atoms in total. The minimum atomic E-state index is -0.501. The van der Waals surface area contributed by atoms with Crippen LogP contribution in [-0.2, 0) is 6.54 Å². The van der Waals surface area contributed by atoms with E-state index in [1.807, 2.05) is 6.92 Å². The fourth-order valence-corrected chi connectivity index (χ4v) is 3.05. The van der Waals surface area contributed by atoms with Gasteiger partial charge in [0.25, 0.3) is 0 Å². The van der Waals surface area contributed by atoms with Crippen molar-refractivity contribution < 1.29 is 5.11 Å². The van der Waals surface area contributed by atoms with Crippen molar-refractivity contribution in [2.75, 3.05) is 24.5 Å². The lowest BCUT2D eigenvalue weighted by molar-refractivity contribution is 0.0351. The van der Waals surface area contributed by atoms with Gasteiger partial charge in [-0.2, -0.15) is 0 Å². The summed E-state index contributed by atoms with van der Waals surface area (Å²) in [4.78, 5) is 2.40. The first-order chi connectivity index (χ1) is 9.87. The van der Waals surface area contributed by atoms with Crippen molar-refractivity contribution in [3.63, 3.8) is 0 Å². The highest BCUT2D eigenvalue weighted by Gasteiger charge is 2.28. The zero-order chi connectivity index (χ0) is 15.5. The standard InChI is InChI=1S/C17H27BrN2O/c1-13(2)11-19-12-14-4-5-15(18)10-16(14)20-8-6-17(3,21)7-9-20/h4-5,10,13,19,21H,6-9,11-12H2,1-3H3. The second-order valence-electron chi connectivity index (χ2n) is 6.78. The largest absolute Gasteiger partial charge is 0.390 e. The maximum Gasteiger partial charge on any atom is 0.0653 e. The fraction of sp³-hybridized carbons (Fsp3) is 0.647. The Labute approximate surface area is 136 Å². The van der Waals surface area contributed by atoms with Crippen LogP contribution in [0.5, 0.6) is 0 Å². The number of nitrogens with zero attached hydrogens (tertiary/aromatic N) is 1. The van der Waals surface area contributed by atoms with Crippen LogP contribution < -0.4 is 10.2 Å². The third-order valence-electron chi connectivity index (χ3n) is 4.10. The maximum atomic E-state index is 10.1. The number of hydrogen-bond donors (Lipinski definition) is 2. The number of benzene rings is 1. The maximum absolute atomic E-state index is 10.1. The Morgan fingerprint density at radius 2 is 2.00 bits per heavy atom. The van der Waals surface area contributed by atoms with Gasteiger partial charge in [0, 0.05) is 29.8 Å². The Morgan fingerprint density at radius 3 is 2.62 bits per heavy atom. The summed E-state index contributed by atoms with van der Waals surface area (Å²) in [6.07, 6.45) is 1.66. The van der Waals surface area contributed by atoms with Gasteiger partial charge in [0.15, 0.2) is 0 Å². The number of hydrogen-bond acceptors (Lipinski definition) is 3. The van der Waals surface area contributed by atoms with Crippen LogP contribution in [-0.4, -0.2) is 30.3 Å². The molecule has 0 amide bonds. The number of aliphatic hydroxyl groups is 1. The number of halogens is 1. The number of nitrogens with one attached hydrogen (secondary N) is 1. The van der Waals surface area contributed by atoms with Crippen molar-refractivity contribution in [2.24, 2.45) is 5.92 Å². The quantitative estimate of drug-likeness (QED) is 0.848. The van der Waals surface area contributed by atoms with E-state index in [4.69, 9.17) is 0 Å². The van der Waals surface area contributed by atoms with Gasteiger partial charge in [0.05, 0.1) is 5.60 Å². The van der Waals surface area contributed by atoms with Gasteiger partial charge in [-0.15, -0.1) is 0 Å². The van der Waals surface area contributed by atoms with Gasteiger partial charge in [-0.1, -0.05) is 35.8 Å². The summed E-state index contributed by atoms with van der Waals surface area (Å²) in [6.45, 7) is 10.2. The molecular formula is C17H27BrN2O. The first-order valence-electron chi connectivity index (χ1n) is 7.84. The van der Waals surface area contributed by atoms with E-state index in [1.54, 1.807) is 0 Å². The Bertz CT molecular complexity index is 464. The van der Waals surface area contributed by atoms with Gasteiger partial charge in [0.2, 0.25) is 0 Å². The van der Waals surface area contributed by atoms with Crippen molar-refractivity contribution >= 4 is 21.6 Å². The van der Waals surface area contributed by atoms with Gasteiger partial charge in [-0.3, -0.25) is 0 Å². The van der Waals surface area contributed by atoms with Crippen LogP contribution in [0.3, 0.4) is 0 Å². The van der Waals surface area contributed by atoms with Crippen molar-refractivity contribution in [1.29, 1.82) is 0 Å². The monoisotopic (exact) mass is 354 g/mol. The predicted molar refractivity (Wildman–Crippen MR) is 92.8 cm³/mol. The minimum absolute atomic E-state index is 0.501. The van der Waals surface area contributed by atoms with Crippen LogP contribution in [0.15, 0.2) is 22.7 Å². The molecule has 1 aliphatic heterocycles. The summed E-state index contributed by atoms with van der Waals surface area (Å²) in [7, 11) is 0. The molecule has 0 atom stereocenters. The van der Waals surface area contributed by atoms with E-state index in [-0.39, 0.29) is 0 Å². The van der Waals surface area contributed by atoms with Crippen molar-refractivity contribution in [1.82, 2.24) is 5.32 Å². The summed E-state index contributed by atoms with van der Waals surface area (Å²) >= 11 is 3.58. The van der Waals surface area contributed by atoms with E-state index in [0.717, 1.165) is 43.5 Å². The van der Waals surface area contributed by atoms with E-state index in [1.165, 1.54) is 11.3 Å². The van der Waals surface area contributed by atoms with E-state index >= 15 is 0 Å². The van der Waals surface area contributed by atoms with Crippen LogP contribution in [0, 0.1) is 5.92 Å². The van der Waals surface area contributed by atoms with Crippen LogP contribution in [0.25, 0.3) is 0 Å². The van der Waals surface area contributed by atoms with Gasteiger partial charge < -0.3 is 15.3 Å². The molecule has 4 heteroatoms. The molecule has 0 unspecified atom stereocenters. The Kier molecular flexibility index (Phi) is 5.69. The second kappa shape index (κ2) is 7.12. The molecule has 0 radical (unpaired) electrons. The molecule has 1 saturated heterocycles. The Hall–Kier alpha value is -0.580. The summed E-state index contributed by atoms with van der Waals surface area (Å²) in [5.74, 6) is 0.661. The smallest absolute Gasteiger partial charge is 0.0653 e. The van der Waals surface area contributed by atoms with Crippen LogP contribution >= 0.6 is 15.9 Å². The number of rotatable bonds is 5. The molecule has 0 saturated carbocycles. The molecule has 2 N–H and O–H groups in total. The molecule has 2 rings (SSSR count). The summed E-state index contributed by atoms with van der Waals surface area (Å²) in [5.41, 5.74) is 2.12. The highest BCUT2D eigenvalue weighted by Crippen LogP contribution is 2.30. The van der Waals surface area contributed by atoms with Crippen LogP contribution in [0.1, 0.15) is 39.2 Å². The average molecular weight is 355 g/mol. The first-order valence-corrected chi connectivity index (χ1v) is 8.63. The molecule has 1 aromatic rings. The third kappa shape index (κ3) is 4.97. The van der Waals surface area contributed by atoms with Gasteiger partial charge in [-0.05, 0) is 49.9 Å².